The molecule has 2 heterocycles. The van der Waals surface area contributed by atoms with Crippen LogP contribution in [-0.2, 0) is 40.2 Å². The number of hydrogen-bond donors (Lipinski definition) is 0. The number of nitrogens with zero attached hydrogens (tertiary/aromatic N) is 2. The normalized spacial score (nSPS) is 10.7. The van der Waals surface area contributed by atoms with Crippen molar-refractivity contribution in [3.05, 3.63) is 165 Å². The summed E-state index contributed by atoms with van der Waals surface area (Å²) in [6.45, 7) is 9.04. The van der Waals surface area contributed by atoms with Gasteiger partial charge < -0.3 is 9.97 Å². The van der Waals surface area contributed by atoms with Crippen LogP contribution >= 0.6 is 31.9 Å². The summed E-state index contributed by atoms with van der Waals surface area (Å²) in [5.41, 5.74) is 18.3. The Bertz CT molecular complexity index is 2110. The van der Waals surface area contributed by atoms with Crippen LogP contribution in [0.1, 0.15) is 22.3 Å². The second-order valence-corrected chi connectivity index (χ2v) is 13.9. The molecule has 0 fully saturated rings. The summed E-state index contributed by atoms with van der Waals surface area (Å²) in [5.74, 6) is 0. The van der Waals surface area contributed by atoms with Crippen LogP contribution in [0.15, 0.2) is 131 Å². The van der Waals surface area contributed by atoms with Gasteiger partial charge in [-0.1, -0.05) is 114 Å². The number of rotatable bonds is 6. The van der Waals surface area contributed by atoms with Gasteiger partial charge in [0.2, 0.25) is 0 Å². The number of hydrogen-bond acceptors (Lipinski definition) is 2. The minimum Gasteiger partial charge on any atom is -0.304 e. The van der Waals surface area contributed by atoms with Gasteiger partial charge >= 0.3 is 0 Å². The van der Waals surface area contributed by atoms with Gasteiger partial charge in [-0.2, -0.15) is 0 Å². The molecule has 252 valence electrons. The molecule has 0 N–H and O–H groups in total. The minimum absolute atomic E-state index is 0. The first-order valence-corrected chi connectivity index (χ1v) is 17.5. The number of pyridine rings is 2. The first kappa shape index (κ1) is 37.9. The molecule has 0 amide bonds. The molecule has 0 saturated heterocycles. The molecule has 50 heavy (non-hydrogen) atoms. The van der Waals surface area contributed by atoms with Crippen molar-refractivity contribution in [1.82, 2.24) is 9.97 Å². The van der Waals surface area contributed by atoms with Crippen molar-refractivity contribution in [2.45, 2.75) is 27.7 Å². The summed E-state index contributed by atoms with van der Waals surface area (Å²) < 4.78 is 2.03. The van der Waals surface area contributed by atoms with Gasteiger partial charge in [0.25, 0.3) is 0 Å². The van der Waals surface area contributed by atoms with E-state index in [1.165, 1.54) is 55.6 Å². The Kier molecular flexibility index (Phi) is 12.4. The van der Waals surface area contributed by atoms with Gasteiger partial charge in [0, 0.05) is 52.6 Å². The van der Waals surface area contributed by atoms with Gasteiger partial charge in [0.1, 0.15) is 0 Å². The van der Waals surface area contributed by atoms with Gasteiger partial charge in [-0.25, -0.2) is 0 Å². The molecular weight excluding hydrogens is 1100 g/mol. The molecule has 7 aromatic rings. The Morgan fingerprint density at radius 2 is 0.820 bits per heavy atom. The van der Waals surface area contributed by atoms with E-state index in [0.717, 1.165) is 42.6 Å². The first-order chi connectivity index (χ1) is 23.3. The third-order valence-corrected chi connectivity index (χ3v) is 10.2. The maximum atomic E-state index is 4.84. The predicted molar refractivity (Wildman–Crippen MR) is 207 cm³/mol. The first-order valence-electron chi connectivity index (χ1n) is 15.9. The molecule has 0 atom stereocenters. The predicted octanol–water partition coefficient (Wildman–Crippen LogP) is 12.8. The van der Waals surface area contributed by atoms with Crippen molar-refractivity contribution in [2.24, 2.45) is 0 Å². The van der Waals surface area contributed by atoms with E-state index in [-0.39, 0.29) is 40.2 Å². The fourth-order valence-electron chi connectivity index (χ4n) is 6.62. The van der Waals surface area contributed by atoms with Crippen LogP contribution in [0.5, 0.6) is 0 Å². The second-order valence-electron chi connectivity index (χ2n) is 12.0. The second kappa shape index (κ2) is 16.3. The van der Waals surface area contributed by atoms with E-state index < -0.39 is 0 Å². The molecule has 6 heteroatoms. The topological polar surface area (TPSA) is 25.8 Å². The summed E-state index contributed by atoms with van der Waals surface area (Å²) in [7, 11) is 0. The maximum Gasteiger partial charge on any atom is 0.0239 e. The quantitative estimate of drug-likeness (QED) is 0.155. The Labute approximate surface area is 338 Å². The molecule has 7 rings (SSSR count). The van der Waals surface area contributed by atoms with Gasteiger partial charge in [-0.05, 0) is 106 Å². The molecular formula is C44H32Br2Ir2N2-2. The van der Waals surface area contributed by atoms with Crippen LogP contribution < -0.4 is 0 Å². The van der Waals surface area contributed by atoms with Crippen molar-refractivity contribution in [3.63, 3.8) is 0 Å². The average molecular weight is 1130 g/mol. The number of benzene rings is 5. The molecule has 5 aromatic carbocycles. The SMILES string of the molecule is Cc1c(C)c(-c2ccccc2-c2ccc(-c3[c-]ccc(Br)c3)nc2)c(C)c(C)c1-c1ccccc1-c1ccc(-c2[c-]ccc(Br)c2)nc1.[Ir].[Ir]. The van der Waals surface area contributed by atoms with Crippen LogP contribution in [0.25, 0.3) is 67.0 Å². The third-order valence-electron chi connectivity index (χ3n) is 9.25. The Morgan fingerprint density at radius 1 is 0.460 bits per heavy atom. The van der Waals surface area contributed by atoms with E-state index in [0.29, 0.717) is 0 Å². The fourth-order valence-corrected chi connectivity index (χ4v) is 7.35. The van der Waals surface area contributed by atoms with E-state index in [1.54, 1.807) is 0 Å². The molecule has 0 aliphatic rings. The van der Waals surface area contributed by atoms with Gasteiger partial charge in [-0.15, -0.1) is 59.7 Å². The smallest absolute Gasteiger partial charge is 0.0239 e. The Balaban J connectivity index is 0.00000243. The largest absolute Gasteiger partial charge is 0.304 e. The summed E-state index contributed by atoms with van der Waals surface area (Å²) in [4.78, 5) is 9.68. The van der Waals surface area contributed by atoms with E-state index in [9.17, 15) is 0 Å². The van der Waals surface area contributed by atoms with Gasteiger partial charge in [-0.3, -0.25) is 0 Å². The molecule has 2 nitrogen and oxygen atoms in total. The van der Waals surface area contributed by atoms with Crippen molar-refractivity contribution in [2.75, 3.05) is 0 Å². The van der Waals surface area contributed by atoms with Gasteiger partial charge in [0.15, 0.2) is 0 Å². The van der Waals surface area contributed by atoms with Crippen LogP contribution in [0, 0.1) is 39.8 Å². The minimum atomic E-state index is 0. The van der Waals surface area contributed by atoms with Crippen molar-refractivity contribution in [1.29, 1.82) is 0 Å². The van der Waals surface area contributed by atoms with Crippen LogP contribution in [0.2, 0.25) is 0 Å². The van der Waals surface area contributed by atoms with Crippen LogP contribution in [-0.4, -0.2) is 9.97 Å². The van der Waals surface area contributed by atoms with Crippen molar-refractivity contribution < 1.29 is 40.2 Å². The summed E-state index contributed by atoms with van der Waals surface area (Å²) in [6, 6.07) is 44.3. The average Bonchev–Trinajstić information content (AvgIpc) is 3.12. The van der Waals surface area contributed by atoms with Crippen LogP contribution in [0.4, 0.5) is 0 Å². The Hall–Kier alpha value is -3.34. The summed E-state index contributed by atoms with van der Waals surface area (Å²) in [6.07, 6.45) is 3.96. The molecule has 0 saturated carbocycles. The van der Waals surface area contributed by atoms with Crippen LogP contribution in [0.3, 0.4) is 0 Å². The zero-order valence-electron chi connectivity index (χ0n) is 27.9. The summed E-state index contributed by atoms with van der Waals surface area (Å²) >= 11 is 7.13. The van der Waals surface area contributed by atoms with Crippen molar-refractivity contribution in [3.8, 4) is 67.0 Å². The van der Waals surface area contributed by atoms with E-state index in [1.807, 2.05) is 48.8 Å². The molecule has 0 unspecified atom stereocenters. The zero-order chi connectivity index (χ0) is 33.4. The van der Waals surface area contributed by atoms with E-state index in [4.69, 9.17) is 9.97 Å². The van der Waals surface area contributed by atoms with E-state index in [2.05, 4.69) is 144 Å². The molecule has 2 aromatic heterocycles. The molecule has 0 aliphatic carbocycles. The monoisotopic (exact) mass is 1130 g/mol. The number of halogens is 2. The standard InChI is InChI=1S/C44H32Br2N2.2Ir/c1-27-28(2)44(40-18-8-6-16-38(40)34-20-22-42(48-26-34)32-12-10-14-36(46)24-32)30(4)29(3)43(27)39-17-7-5-15-37(39)33-19-21-41(47-25-33)31-11-9-13-35(45)23-31;;/h5-10,13-26H,1-4H3;;/q-2;;. The molecule has 0 bridgehead atoms. The van der Waals surface area contributed by atoms with Crippen molar-refractivity contribution >= 4 is 31.9 Å². The van der Waals surface area contributed by atoms with E-state index >= 15 is 0 Å². The fraction of sp³-hybridized carbons (Fsp3) is 0.0909. The third kappa shape index (κ3) is 7.48. The van der Waals surface area contributed by atoms with Gasteiger partial charge in [0.05, 0.1) is 0 Å². The Morgan fingerprint density at radius 3 is 1.14 bits per heavy atom. The maximum absolute atomic E-state index is 4.84. The number of aromatic nitrogens is 2. The molecule has 2 radical (unpaired) electrons. The zero-order valence-corrected chi connectivity index (χ0v) is 35.8. The molecule has 0 spiro atoms. The molecule has 0 aliphatic heterocycles. The summed E-state index contributed by atoms with van der Waals surface area (Å²) in [5, 5.41) is 0.